The number of piperidine rings is 1. The molecule has 166 valence electrons. The Morgan fingerprint density at radius 1 is 1.00 bits per heavy atom. The van der Waals surface area contributed by atoms with Crippen LogP contribution in [0.25, 0.3) is 0 Å². The summed E-state index contributed by atoms with van der Waals surface area (Å²) in [6.45, 7) is 0.243. The van der Waals surface area contributed by atoms with E-state index in [2.05, 4.69) is 0 Å². The van der Waals surface area contributed by atoms with Crippen molar-refractivity contribution in [1.82, 2.24) is 4.90 Å². The Hall–Kier alpha value is -2.93. The first-order valence-corrected chi connectivity index (χ1v) is 10.5. The van der Waals surface area contributed by atoms with Gasteiger partial charge in [0.25, 0.3) is 0 Å². The van der Waals surface area contributed by atoms with Crippen molar-refractivity contribution in [1.29, 1.82) is 0 Å². The highest BCUT2D eigenvalue weighted by atomic mass is 16.6. The summed E-state index contributed by atoms with van der Waals surface area (Å²) in [6.07, 6.45) is 2.24. The predicted octanol–water partition coefficient (Wildman–Crippen LogP) is 3.86. The third kappa shape index (κ3) is 4.02. The lowest BCUT2D eigenvalue weighted by Gasteiger charge is -2.43. The van der Waals surface area contributed by atoms with Crippen molar-refractivity contribution in [3.8, 4) is 17.2 Å². The van der Waals surface area contributed by atoms with Crippen molar-refractivity contribution in [3.63, 3.8) is 0 Å². The van der Waals surface area contributed by atoms with Crippen LogP contribution in [0.2, 0.25) is 0 Å². The van der Waals surface area contributed by atoms with E-state index in [9.17, 15) is 9.90 Å². The number of methoxy groups -OCH3 is 3. The smallest absolute Gasteiger partial charge is 0.410 e. The third-order valence-electron chi connectivity index (χ3n) is 6.38. The molecule has 4 rings (SSSR count). The maximum absolute atomic E-state index is 12.8. The number of hydrogen-bond acceptors (Lipinski definition) is 6. The fourth-order valence-electron chi connectivity index (χ4n) is 4.90. The van der Waals surface area contributed by atoms with Gasteiger partial charge in [0, 0.05) is 24.9 Å². The van der Waals surface area contributed by atoms with E-state index in [-0.39, 0.29) is 24.8 Å². The fourth-order valence-corrected chi connectivity index (χ4v) is 4.90. The first-order valence-electron chi connectivity index (χ1n) is 10.5. The molecule has 0 aliphatic carbocycles. The van der Waals surface area contributed by atoms with Crippen molar-refractivity contribution in [3.05, 3.63) is 53.6 Å². The minimum atomic E-state index is -1.09. The monoisotopic (exact) mass is 427 g/mol. The van der Waals surface area contributed by atoms with Gasteiger partial charge in [0.15, 0.2) is 11.5 Å². The molecule has 2 unspecified atom stereocenters. The zero-order valence-electron chi connectivity index (χ0n) is 18.2. The number of amides is 1. The second kappa shape index (κ2) is 8.67. The zero-order valence-corrected chi connectivity index (χ0v) is 18.2. The van der Waals surface area contributed by atoms with Crippen LogP contribution >= 0.6 is 0 Å². The van der Waals surface area contributed by atoms with E-state index < -0.39 is 5.60 Å². The molecular formula is C24H29NO6. The van der Waals surface area contributed by atoms with Crippen LogP contribution in [0.3, 0.4) is 0 Å². The second-order valence-corrected chi connectivity index (χ2v) is 8.19. The quantitative estimate of drug-likeness (QED) is 0.754. The van der Waals surface area contributed by atoms with Gasteiger partial charge in [0.2, 0.25) is 5.75 Å². The maximum Gasteiger partial charge on any atom is 0.410 e. The van der Waals surface area contributed by atoms with E-state index in [1.54, 1.807) is 33.5 Å². The number of nitrogens with zero attached hydrogens (tertiary/aromatic N) is 1. The summed E-state index contributed by atoms with van der Waals surface area (Å²) >= 11 is 0. The van der Waals surface area contributed by atoms with E-state index >= 15 is 0 Å². The van der Waals surface area contributed by atoms with Crippen molar-refractivity contribution in [2.24, 2.45) is 0 Å². The Balaban J connectivity index is 1.52. The van der Waals surface area contributed by atoms with Crippen LogP contribution in [-0.2, 0) is 16.9 Å². The van der Waals surface area contributed by atoms with Gasteiger partial charge in [-0.25, -0.2) is 4.79 Å². The standard InChI is InChI=1S/C24H29NO6/c1-28-20-11-17(12-21(29-2)22(20)30-3)24(27)13-18-9-10-19(14-24)25(18)23(26)31-15-16-7-5-4-6-8-16/h4-8,11-12,18-19,27H,9-10,13-15H2,1-3H3. The molecule has 31 heavy (non-hydrogen) atoms. The van der Waals surface area contributed by atoms with Gasteiger partial charge in [-0.2, -0.15) is 0 Å². The number of carbonyl (C=O) groups excluding carboxylic acids is 1. The lowest BCUT2D eigenvalue weighted by molar-refractivity contribution is -0.0539. The Kier molecular flexibility index (Phi) is 5.96. The number of fused-ring (bicyclic) bond motifs is 2. The van der Waals surface area contributed by atoms with Gasteiger partial charge in [-0.05, 0) is 36.1 Å². The van der Waals surface area contributed by atoms with Crippen LogP contribution in [-0.4, -0.2) is 49.5 Å². The van der Waals surface area contributed by atoms with Crippen molar-refractivity contribution < 1.29 is 28.8 Å². The van der Waals surface area contributed by atoms with Gasteiger partial charge in [-0.3, -0.25) is 0 Å². The van der Waals surface area contributed by atoms with Gasteiger partial charge < -0.3 is 29.0 Å². The van der Waals surface area contributed by atoms with Gasteiger partial charge in [-0.15, -0.1) is 0 Å². The second-order valence-electron chi connectivity index (χ2n) is 8.19. The van der Waals surface area contributed by atoms with E-state index in [1.165, 1.54) is 0 Å². The minimum absolute atomic E-state index is 0.0777. The van der Waals surface area contributed by atoms with Crippen LogP contribution in [0.4, 0.5) is 4.79 Å². The molecule has 2 aromatic rings. The summed E-state index contributed by atoms with van der Waals surface area (Å²) in [4.78, 5) is 14.6. The summed E-state index contributed by atoms with van der Waals surface area (Å²) in [5.74, 6) is 1.49. The molecule has 2 heterocycles. The van der Waals surface area contributed by atoms with Crippen molar-refractivity contribution in [2.75, 3.05) is 21.3 Å². The predicted molar refractivity (Wildman–Crippen MR) is 115 cm³/mol. The molecule has 2 bridgehead atoms. The topological polar surface area (TPSA) is 77.5 Å². The number of hydrogen-bond donors (Lipinski definition) is 1. The third-order valence-corrected chi connectivity index (χ3v) is 6.38. The maximum atomic E-state index is 12.8. The molecule has 7 heteroatoms. The van der Waals surface area contributed by atoms with Crippen LogP contribution < -0.4 is 14.2 Å². The Morgan fingerprint density at radius 2 is 1.58 bits per heavy atom. The van der Waals surface area contributed by atoms with Gasteiger partial charge in [0.1, 0.15) is 6.61 Å². The van der Waals surface area contributed by atoms with E-state index in [0.717, 1.165) is 18.4 Å². The highest BCUT2D eigenvalue weighted by molar-refractivity contribution is 5.69. The molecule has 0 radical (unpaired) electrons. The molecule has 2 atom stereocenters. The number of ether oxygens (including phenoxy) is 4. The molecule has 0 spiro atoms. The molecule has 7 nitrogen and oxygen atoms in total. The summed E-state index contributed by atoms with van der Waals surface area (Å²) in [5, 5.41) is 11.6. The molecular weight excluding hydrogens is 398 g/mol. The number of benzene rings is 2. The molecule has 0 saturated carbocycles. The first kappa shape index (κ1) is 21.3. The van der Waals surface area contributed by atoms with Crippen LogP contribution in [0.5, 0.6) is 17.2 Å². The van der Waals surface area contributed by atoms with Crippen LogP contribution in [0.15, 0.2) is 42.5 Å². The highest BCUT2D eigenvalue weighted by Crippen LogP contribution is 2.49. The molecule has 2 saturated heterocycles. The largest absolute Gasteiger partial charge is 0.493 e. The fraction of sp³-hybridized carbons (Fsp3) is 0.458. The average Bonchev–Trinajstić information content (AvgIpc) is 3.08. The van der Waals surface area contributed by atoms with Crippen LogP contribution in [0, 0.1) is 0 Å². The minimum Gasteiger partial charge on any atom is -0.493 e. The van der Waals surface area contributed by atoms with Gasteiger partial charge >= 0.3 is 6.09 Å². The Labute approximate surface area is 182 Å². The van der Waals surface area contributed by atoms with Crippen molar-refractivity contribution >= 4 is 6.09 Å². The van der Waals surface area contributed by atoms with E-state index in [0.29, 0.717) is 35.7 Å². The molecule has 1 N–H and O–H groups in total. The molecule has 2 aliphatic heterocycles. The summed E-state index contributed by atoms with van der Waals surface area (Å²) < 4.78 is 21.9. The highest BCUT2D eigenvalue weighted by Gasteiger charge is 2.51. The Bertz CT molecular complexity index is 892. The van der Waals surface area contributed by atoms with E-state index in [1.807, 2.05) is 35.2 Å². The van der Waals surface area contributed by atoms with Crippen LogP contribution in [0.1, 0.15) is 36.8 Å². The van der Waals surface area contributed by atoms with Gasteiger partial charge in [-0.1, -0.05) is 30.3 Å². The average molecular weight is 427 g/mol. The summed E-state index contributed by atoms with van der Waals surface area (Å²) in [7, 11) is 4.66. The SMILES string of the molecule is COc1cc(C2(O)CC3CCC(C2)N3C(=O)OCc2ccccc2)cc(OC)c1OC. The van der Waals surface area contributed by atoms with Gasteiger partial charge in [0.05, 0.1) is 26.9 Å². The molecule has 0 aromatic heterocycles. The lowest BCUT2D eigenvalue weighted by atomic mass is 9.80. The molecule has 2 fully saturated rings. The normalized spacial score (nSPS) is 24.6. The molecule has 2 aliphatic rings. The molecule has 2 aromatic carbocycles. The number of rotatable bonds is 6. The van der Waals surface area contributed by atoms with Crippen molar-refractivity contribution in [2.45, 2.75) is 50.0 Å². The van der Waals surface area contributed by atoms with E-state index in [4.69, 9.17) is 18.9 Å². The number of carbonyl (C=O) groups is 1. The Morgan fingerprint density at radius 3 is 2.10 bits per heavy atom. The zero-order chi connectivity index (χ0) is 22.0. The summed E-state index contributed by atoms with van der Waals surface area (Å²) in [6, 6.07) is 13.1. The lowest BCUT2D eigenvalue weighted by Crippen LogP contribution is -2.52. The summed E-state index contributed by atoms with van der Waals surface area (Å²) in [5.41, 5.74) is 0.569. The number of aliphatic hydroxyl groups is 1. The molecule has 1 amide bonds. The first-order chi connectivity index (χ1) is 15.0.